The lowest BCUT2D eigenvalue weighted by Gasteiger charge is -2.36. The van der Waals surface area contributed by atoms with Gasteiger partial charge in [0, 0.05) is 170 Å². The molecule has 0 aromatic carbocycles. The first kappa shape index (κ1) is 140. The predicted octanol–water partition coefficient (Wildman–Crippen LogP) is 20.3. The molecule has 24 nitrogen and oxygen atoms in total. The van der Waals surface area contributed by atoms with Crippen molar-refractivity contribution >= 4 is 17.8 Å². The van der Waals surface area contributed by atoms with Crippen LogP contribution in [0.25, 0.3) is 0 Å². The van der Waals surface area contributed by atoms with Crippen LogP contribution in [-0.4, -0.2) is 431 Å². The summed E-state index contributed by atoms with van der Waals surface area (Å²) in [5.74, 6) is 8.16. The summed E-state index contributed by atoms with van der Waals surface area (Å²) in [4.78, 5) is 70.7. The van der Waals surface area contributed by atoms with Crippen LogP contribution in [-0.2, 0) is 14.4 Å². The SMILES string of the molecule is CC(C)N1CCCC(O)C1.CC(C)N1CCCN(C(C)(C)CO)CC1.CC(C)N1CCCN(CC(=O)O)CC1.CC(C)N1CCCN(CCO)CC1.CC1CC1C1CCN(C(C)C)CC1.CC1CCN(C(C)C)CC1.CCC1CCN(C(C)C)CC1.CCCC1CCN(C(C)C)CC1.CCCCC1CCN(C(C)C)CC1.CCCN(CCO)C(=O)CC1CCN(C(C)C)CC1.CCCNC(=O)CC1CCN(C(C)C)CC1. The van der Waals surface area contributed by atoms with Crippen molar-refractivity contribution in [3.05, 3.63) is 0 Å². The Morgan fingerprint density at radius 1 is 0.356 bits per heavy atom. The van der Waals surface area contributed by atoms with E-state index in [1.165, 1.54) is 213 Å². The molecule has 1 saturated carbocycles. The Hall–Kier alpha value is -2.31. The van der Waals surface area contributed by atoms with Gasteiger partial charge in [-0.1, -0.05) is 87.0 Å². The van der Waals surface area contributed by atoms with E-state index in [1.54, 1.807) is 0 Å². The average Bonchev–Trinajstić information content (AvgIpc) is 1.66. The highest BCUT2D eigenvalue weighted by Crippen LogP contribution is 2.47. The number of nitrogens with one attached hydrogen (secondary N) is 1. The zero-order valence-corrected chi connectivity index (χ0v) is 102. The van der Waals surface area contributed by atoms with Gasteiger partial charge in [-0.25, -0.2) is 0 Å². The Balaban J connectivity index is 0.000000545. The molecule has 1 aliphatic carbocycles. The van der Waals surface area contributed by atoms with Crippen molar-refractivity contribution in [2.75, 3.05) is 236 Å². The topological polar surface area (TPSA) is 213 Å². The van der Waals surface area contributed by atoms with E-state index in [2.05, 4.69) is 284 Å². The van der Waals surface area contributed by atoms with Crippen LogP contribution in [0.15, 0.2) is 0 Å². The molecule has 11 saturated heterocycles. The third kappa shape index (κ3) is 62.6. The molecule has 0 radical (unpaired) electrons. The van der Waals surface area contributed by atoms with Gasteiger partial charge in [-0.2, -0.15) is 0 Å². The van der Waals surface area contributed by atoms with E-state index in [9.17, 15) is 24.6 Å². The number of aliphatic hydroxyl groups excluding tert-OH is 4. The number of rotatable bonds is 34. The van der Waals surface area contributed by atoms with E-state index >= 15 is 0 Å². The fraction of sp³-hybridized carbons (Fsp3) is 0.975. The highest BCUT2D eigenvalue weighted by atomic mass is 16.4. The van der Waals surface area contributed by atoms with Crippen LogP contribution < -0.4 is 5.32 Å². The molecule has 6 N–H and O–H groups in total. The van der Waals surface area contributed by atoms with Crippen LogP contribution in [0.3, 0.4) is 0 Å². The maximum atomic E-state index is 12.2. The number of carbonyl (C=O) groups is 3. The van der Waals surface area contributed by atoms with Crippen molar-refractivity contribution in [2.45, 2.75) is 485 Å². The van der Waals surface area contributed by atoms with Crippen molar-refractivity contribution in [1.29, 1.82) is 0 Å². The number of unbranched alkanes of at least 4 members (excludes halogenated alkanes) is 1. The molecule has 0 aromatic heterocycles. The smallest absolute Gasteiger partial charge is 0.317 e. The second-order valence-electron chi connectivity index (χ2n) is 50.3. The number of hydrogen-bond acceptors (Lipinski definition) is 21. The normalized spacial score (nSPS) is 23.0. The molecule has 11 aliphatic heterocycles. The zero-order valence-electron chi connectivity index (χ0n) is 102. The zero-order chi connectivity index (χ0) is 109. The predicted molar refractivity (Wildman–Crippen MR) is 626 cm³/mol. The highest BCUT2D eigenvalue weighted by molar-refractivity contribution is 5.76. The van der Waals surface area contributed by atoms with Crippen LogP contribution in [0.4, 0.5) is 0 Å². The van der Waals surface area contributed by atoms with Crippen LogP contribution in [0.1, 0.15) is 407 Å². The molecule has 2 amide bonds. The number of aliphatic hydroxyl groups is 4. The maximum absolute atomic E-state index is 12.2. The van der Waals surface area contributed by atoms with Crippen LogP contribution in [0.2, 0.25) is 0 Å². The monoisotopic (exact) mass is 2070 g/mol. The molecule has 868 valence electrons. The summed E-state index contributed by atoms with van der Waals surface area (Å²) >= 11 is 0. The minimum Gasteiger partial charge on any atom is -0.480 e. The Morgan fingerprint density at radius 3 is 1.06 bits per heavy atom. The highest BCUT2D eigenvalue weighted by Gasteiger charge is 2.41. The van der Waals surface area contributed by atoms with Crippen molar-refractivity contribution < 1.29 is 39.9 Å². The molecule has 0 spiro atoms. The minimum absolute atomic E-state index is 0.0625. The summed E-state index contributed by atoms with van der Waals surface area (Å²) in [6.07, 6.45) is 37.9. The van der Waals surface area contributed by atoms with Crippen molar-refractivity contribution in [1.82, 2.24) is 78.8 Å². The first-order valence-electron chi connectivity index (χ1n) is 61.9. The number of carbonyl (C=O) groups excluding carboxylic acids is 2. The van der Waals surface area contributed by atoms with Crippen molar-refractivity contribution in [3.8, 4) is 0 Å². The summed E-state index contributed by atoms with van der Waals surface area (Å²) in [6, 6.07) is 7.51. The summed E-state index contributed by atoms with van der Waals surface area (Å²) < 4.78 is 0. The van der Waals surface area contributed by atoms with Crippen molar-refractivity contribution in [3.63, 3.8) is 0 Å². The lowest BCUT2D eigenvalue weighted by Crippen LogP contribution is -2.48. The molecule has 11 heterocycles. The molecule has 12 rings (SSSR count). The largest absolute Gasteiger partial charge is 0.480 e. The number of β-amino-alcohol motifs (C(OH)–C–C–N with tert-alkyl or cyclic N) is 2. The lowest BCUT2D eigenvalue weighted by molar-refractivity contribution is -0.138. The Labute approximate surface area is 905 Å². The molecule has 24 heteroatoms. The minimum atomic E-state index is -0.719. The van der Waals surface area contributed by atoms with Gasteiger partial charge in [-0.15, -0.1) is 0 Å². The number of likely N-dealkylation sites (tertiary alicyclic amines) is 8. The molecule has 0 bridgehead atoms. The second kappa shape index (κ2) is 81.3. The first-order valence-corrected chi connectivity index (χ1v) is 61.9. The van der Waals surface area contributed by atoms with Gasteiger partial charge < -0.3 is 70.0 Å². The number of carboxylic acid groups (broad SMARTS) is 1. The molecule has 3 unspecified atom stereocenters. The Bertz CT molecular complexity index is 3060. The summed E-state index contributed by atoms with van der Waals surface area (Å²) in [6.45, 7) is 106. The maximum Gasteiger partial charge on any atom is 0.317 e. The standard InChI is InChI=1S/C15H30N2O2.C13H26N2O.C12H26N2O.C12H23N.C12H25N.C11H23N.C10H20N2O2.C10H22N2O.C10H21N.C9H19N.C8H17NO/c1-4-7-17(10-11-18)15(19)12-14-5-8-16(9-6-14)13(2)3;1-4-7-14-13(16)10-12-5-8-15(9-6-12)11(2)3;1-11(2)13-6-5-7-14(9-8-13)12(3,4)10-15;1-9(2)13-6-4-11(5-7-13)12-8-10(12)3;1-4-5-6-12-7-9-13(10-8-12)11(2)3;1-4-5-11-6-8-12(9-7-11)10(2)3;1-9(2)12-5-3-4-11(6-7-12)8-10(13)14;1-10(2)12-5-3-4-11(6-7-12)8-9-13;1-4-10-5-7-11(8-6-10)9(2)3;1-8(2)10-6-4-9(3)5-7-10;1-7(2)9-5-3-4-8(10)6-9/h13-14,18H,4-12H2,1-3H3;11-12H,4-10H2,1-3H3,(H,14,16);11,15H,5-10H2,1-4H3;9-12H,4-8H2,1-3H3;11-12H,4-10H2,1-3H3;10-11H,4-9H2,1-3H3;9H,3-8H2,1-2H3,(H,13,14);10,13H,3-9H2,1-2H3;9-10H,4-8H2,1-3H3;8-9H,4-7H2,1-3H3;7-8,10H,3-6H2,1-2H3. The number of nitrogens with zero attached hydrogens (tertiary/aromatic N) is 15. The molecule has 12 fully saturated rings. The molecular weight excluding hydrogens is 1820 g/mol. The van der Waals surface area contributed by atoms with Gasteiger partial charge in [0.15, 0.2) is 0 Å². The number of hydrogen-bond donors (Lipinski definition) is 6. The third-order valence-corrected chi connectivity index (χ3v) is 34.6. The summed E-state index contributed by atoms with van der Waals surface area (Å²) in [5.41, 5.74) is -0.0625. The Morgan fingerprint density at radius 2 is 0.712 bits per heavy atom. The number of carboxylic acids is 1. The molecule has 0 aromatic rings. The van der Waals surface area contributed by atoms with Crippen LogP contribution in [0.5, 0.6) is 0 Å². The fourth-order valence-electron chi connectivity index (χ4n) is 23.1. The summed E-state index contributed by atoms with van der Waals surface area (Å²) in [5, 5.41) is 48.1. The number of piperidine rings is 8. The Kier molecular flexibility index (Phi) is 77.8. The molecule has 12 aliphatic rings. The third-order valence-electron chi connectivity index (χ3n) is 34.6. The van der Waals surface area contributed by atoms with Gasteiger partial charge in [0.05, 0.1) is 32.5 Å². The van der Waals surface area contributed by atoms with Gasteiger partial charge in [0.25, 0.3) is 0 Å². The number of amides is 2. The van der Waals surface area contributed by atoms with Gasteiger partial charge >= 0.3 is 5.97 Å². The lowest BCUT2D eigenvalue weighted by atomic mass is 9.90. The van der Waals surface area contributed by atoms with Gasteiger partial charge in [0.1, 0.15) is 0 Å². The fourth-order valence-corrected chi connectivity index (χ4v) is 23.1. The second-order valence-corrected chi connectivity index (χ2v) is 50.3. The van der Waals surface area contributed by atoms with E-state index in [0.29, 0.717) is 67.7 Å². The average molecular weight is 2070 g/mol. The van der Waals surface area contributed by atoms with Crippen LogP contribution in [0, 0.1) is 53.3 Å². The van der Waals surface area contributed by atoms with E-state index in [0.717, 1.165) is 247 Å². The molecular formula is C122H252N16O8. The van der Waals surface area contributed by atoms with E-state index in [4.69, 9.17) is 15.3 Å². The van der Waals surface area contributed by atoms with Gasteiger partial charge in [-0.05, 0) is 485 Å². The quantitative estimate of drug-likeness (QED) is 0.0353. The molecule has 3 atom stereocenters. The van der Waals surface area contributed by atoms with E-state index in [1.807, 2.05) is 9.80 Å². The summed E-state index contributed by atoms with van der Waals surface area (Å²) in [7, 11) is 0. The van der Waals surface area contributed by atoms with E-state index < -0.39 is 5.97 Å². The first-order chi connectivity index (χ1) is 69.3. The van der Waals surface area contributed by atoms with Gasteiger partial charge in [0.2, 0.25) is 11.8 Å². The van der Waals surface area contributed by atoms with Crippen LogP contribution >= 0.6 is 0 Å². The molecule has 146 heavy (non-hydrogen) atoms. The number of aliphatic carboxylic acids is 1. The van der Waals surface area contributed by atoms with E-state index in [-0.39, 0.29) is 43.2 Å². The van der Waals surface area contributed by atoms with Crippen molar-refractivity contribution in [2.24, 2.45) is 53.3 Å². The van der Waals surface area contributed by atoms with Gasteiger partial charge in [-0.3, -0.25) is 48.7 Å².